The summed E-state index contributed by atoms with van der Waals surface area (Å²) in [5.74, 6) is 0.118. The van der Waals surface area contributed by atoms with Gasteiger partial charge < -0.3 is 15.5 Å². The van der Waals surface area contributed by atoms with Crippen molar-refractivity contribution in [1.29, 1.82) is 0 Å². The summed E-state index contributed by atoms with van der Waals surface area (Å²) in [6, 6.07) is 6.24. The first-order valence-corrected chi connectivity index (χ1v) is 11.3. The molecular formula is C23H35FN4O2. The van der Waals surface area contributed by atoms with Gasteiger partial charge >= 0.3 is 6.03 Å². The lowest BCUT2D eigenvalue weighted by Crippen LogP contribution is -2.43. The minimum atomic E-state index is -0.324. The van der Waals surface area contributed by atoms with E-state index in [-0.39, 0.29) is 17.8 Å². The van der Waals surface area contributed by atoms with Crippen LogP contribution in [0, 0.1) is 11.7 Å². The second-order valence-corrected chi connectivity index (χ2v) is 8.66. The highest BCUT2D eigenvalue weighted by molar-refractivity contribution is 5.89. The lowest BCUT2D eigenvalue weighted by atomic mass is 9.93. The van der Waals surface area contributed by atoms with Gasteiger partial charge in [-0.25, -0.2) is 9.18 Å². The number of piperidine rings is 2. The van der Waals surface area contributed by atoms with Gasteiger partial charge in [0.25, 0.3) is 0 Å². The Hall–Kier alpha value is -2.15. The van der Waals surface area contributed by atoms with E-state index in [1.54, 1.807) is 17.0 Å². The molecule has 6 nitrogen and oxygen atoms in total. The van der Waals surface area contributed by atoms with Crippen LogP contribution in [0.4, 0.5) is 14.9 Å². The first-order valence-electron chi connectivity index (χ1n) is 11.3. The van der Waals surface area contributed by atoms with Crippen LogP contribution in [0.2, 0.25) is 0 Å². The third-order valence-electron chi connectivity index (χ3n) is 6.34. The zero-order chi connectivity index (χ0) is 21.3. The van der Waals surface area contributed by atoms with Crippen LogP contribution >= 0.6 is 0 Å². The molecule has 2 aliphatic heterocycles. The first-order chi connectivity index (χ1) is 14.5. The van der Waals surface area contributed by atoms with Crippen LogP contribution in [-0.2, 0) is 4.79 Å². The molecule has 2 heterocycles. The number of benzene rings is 1. The molecular weight excluding hydrogens is 383 g/mol. The Balaban J connectivity index is 1.34. The van der Waals surface area contributed by atoms with Crippen molar-refractivity contribution in [3.05, 3.63) is 30.1 Å². The van der Waals surface area contributed by atoms with Gasteiger partial charge in [0.2, 0.25) is 5.91 Å². The number of amides is 3. The molecule has 0 spiro atoms. The van der Waals surface area contributed by atoms with Gasteiger partial charge in [-0.05, 0) is 75.8 Å². The number of anilines is 1. The molecule has 2 aliphatic rings. The van der Waals surface area contributed by atoms with Crippen molar-refractivity contribution in [3.63, 3.8) is 0 Å². The SMILES string of the molecule is CC1CCCCN1CCNC(=O)CCC1CCCN(C(=O)Nc2ccc(F)cc2)C1. The van der Waals surface area contributed by atoms with Gasteiger partial charge in [0, 0.05) is 44.3 Å². The van der Waals surface area contributed by atoms with Gasteiger partial charge in [-0.2, -0.15) is 0 Å². The van der Waals surface area contributed by atoms with Gasteiger partial charge in [-0.15, -0.1) is 0 Å². The number of hydrogen-bond donors (Lipinski definition) is 2. The topological polar surface area (TPSA) is 64.7 Å². The number of nitrogens with zero attached hydrogens (tertiary/aromatic N) is 2. The maximum atomic E-state index is 13.0. The van der Waals surface area contributed by atoms with E-state index < -0.39 is 0 Å². The summed E-state index contributed by atoms with van der Waals surface area (Å²) in [7, 11) is 0. The number of carbonyl (C=O) groups is 2. The van der Waals surface area contributed by atoms with Crippen LogP contribution in [0.5, 0.6) is 0 Å². The molecule has 30 heavy (non-hydrogen) atoms. The lowest BCUT2D eigenvalue weighted by molar-refractivity contribution is -0.121. The molecule has 2 atom stereocenters. The quantitative estimate of drug-likeness (QED) is 0.707. The summed E-state index contributed by atoms with van der Waals surface area (Å²) in [6.45, 7) is 6.40. The predicted molar refractivity (Wildman–Crippen MR) is 117 cm³/mol. The van der Waals surface area contributed by atoms with E-state index in [1.165, 1.54) is 31.4 Å². The maximum absolute atomic E-state index is 13.0. The van der Waals surface area contributed by atoms with Gasteiger partial charge in [0.05, 0.1) is 0 Å². The highest BCUT2D eigenvalue weighted by Crippen LogP contribution is 2.22. The van der Waals surface area contributed by atoms with Crippen LogP contribution in [0.25, 0.3) is 0 Å². The Morgan fingerprint density at radius 1 is 1.10 bits per heavy atom. The molecule has 7 heteroatoms. The van der Waals surface area contributed by atoms with Crippen LogP contribution < -0.4 is 10.6 Å². The molecule has 0 bridgehead atoms. The van der Waals surface area contributed by atoms with Crippen molar-refractivity contribution < 1.29 is 14.0 Å². The third-order valence-corrected chi connectivity index (χ3v) is 6.34. The Bertz CT molecular complexity index is 697. The zero-order valence-corrected chi connectivity index (χ0v) is 18.0. The molecule has 2 unspecified atom stereocenters. The molecule has 0 saturated carbocycles. The average molecular weight is 419 g/mol. The largest absolute Gasteiger partial charge is 0.355 e. The molecule has 2 saturated heterocycles. The van der Waals surface area contributed by atoms with E-state index in [0.717, 1.165) is 32.4 Å². The molecule has 1 aromatic rings. The summed E-state index contributed by atoms with van der Waals surface area (Å²) in [5.41, 5.74) is 0.589. The average Bonchev–Trinajstić information content (AvgIpc) is 2.75. The van der Waals surface area contributed by atoms with E-state index in [0.29, 0.717) is 43.7 Å². The minimum absolute atomic E-state index is 0.104. The second-order valence-electron chi connectivity index (χ2n) is 8.66. The molecule has 0 aromatic heterocycles. The molecule has 2 fully saturated rings. The molecule has 0 radical (unpaired) electrons. The summed E-state index contributed by atoms with van der Waals surface area (Å²) < 4.78 is 13.0. The fourth-order valence-electron chi connectivity index (χ4n) is 4.47. The summed E-state index contributed by atoms with van der Waals surface area (Å²) in [5, 5.41) is 5.88. The lowest BCUT2D eigenvalue weighted by Gasteiger charge is -2.33. The number of likely N-dealkylation sites (tertiary alicyclic amines) is 2. The Kier molecular flexibility index (Phi) is 8.49. The van der Waals surface area contributed by atoms with Crippen LogP contribution in [0.1, 0.15) is 51.9 Å². The predicted octanol–water partition coefficient (Wildman–Crippen LogP) is 3.84. The number of hydrogen-bond acceptors (Lipinski definition) is 3. The Morgan fingerprint density at radius 2 is 1.90 bits per heavy atom. The molecule has 166 valence electrons. The van der Waals surface area contributed by atoms with Crippen LogP contribution in [0.15, 0.2) is 24.3 Å². The van der Waals surface area contributed by atoms with Gasteiger partial charge in [0.1, 0.15) is 5.82 Å². The highest BCUT2D eigenvalue weighted by atomic mass is 19.1. The normalized spacial score (nSPS) is 22.5. The van der Waals surface area contributed by atoms with Crippen molar-refractivity contribution in [2.24, 2.45) is 5.92 Å². The van der Waals surface area contributed by atoms with Crippen molar-refractivity contribution >= 4 is 17.6 Å². The minimum Gasteiger partial charge on any atom is -0.355 e. The Labute approximate surface area is 179 Å². The molecule has 3 rings (SSSR count). The monoisotopic (exact) mass is 418 g/mol. The molecule has 3 amide bonds. The highest BCUT2D eigenvalue weighted by Gasteiger charge is 2.24. The van der Waals surface area contributed by atoms with E-state index >= 15 is 0 Å². The summed E-state index contributed by atoms with van der Waals surface area (Å²) in [4.78, 5) is 29.0. The van der Waals surface area contributed by atoms with E-state index in [2.05, 4.69) is 22.5 Å². The van der Waals surface area contributed by atoms with E-state index in [9.17, 15) is 14.0 Å². The summed E-state index contributed by atoms with van der Waals surface area (Å²) >= 11 is 0. The fourth-order valence-corrected chi connectivity index (χ4v) is 4.47. The smallest absolute Gasteiger partial charge is 0.321 e. The number of carbonyl (C=O) groups excluding carboxylic acids is 2. The van der Waals surface area contributed by atoms with Crippen molar-refractivity contribution in [2.45, 2.75) is 57.9 Å². The van der Waals surface area contributed by atoms with E-state index in [1.807, 2.05) is 0 Å². The maximum Gasteiger partial charge on any atom is 0.321 e. The fraction of sp³-hybridized carbons (Fsp3) is 0.652. The van der Waals surface area contributed by atoms with E-state index in [4.69, 9.17) is 0 Å². The third kappa shape index (κ3) is 6.97. The van der Waals surface area contributed by atoms with Gasteiger partial charge in [0.15, 0.2) is 0 Å². The van der Waals surface area contributed by atoms with Crippen molar-refractivity contribution in [1.82, 2.24) is 15.1 Å². The summed E-state index contributed by atoms with van der Waals surface area (Å²) in [6.07, 6.45) is 7.10. The van der Waals surface area contributed by atoms with Crippen molar-refractivity contribution in [2.75, 3.05) is 38.0 Å². The number of rotatable bonds is 7. The van der Waals surface area contributed by atoms with Crippen LogP contribution in [0.3, 0.4) is 0 Å². The van der Waals surface area contributed by atoms with Crippen molar-refractivity contribution in [3.8, 4) is 0 Å². The van der Waals surface area contributed by atoms with Crippen LogP contribution in [-0.4, -0.2) is 60.5 Å². The number of urea groups is 1. The van der Waals surface area contributed by atoms with Gasteiger partial charge in [-0.1, -0.05) is 6.42 Å². The standard InChI is InChI=1S/C23H35FN4O2/c1-18-5-2-3-14-27(18)16-13-25-22(29)12-7-19-6-4-15-28(17-19)23(30)26-21-10-8-20(24)9-11-21/h8-11,18-19H,2-7,12-17H2,1H3,(H,25,29)(H,26,30). The molecule has 1 aromatic carbocycles. The number of halogens is 1. The molecule has 0 aliphatic carbocycles. The first kappa shape index (κ1) is 22.5. The molecule has 2 N–H and O–H groups in total. The Morgan fingerprint density at radius 3 is 2.67 bits per heavy atom. The number of nitrogens with one attached hydrogen (secondary N) is 2. The zero-order valence-electron chi connectivity index (χ0n) is 18.0. The van der Waals surface area contributed by atoms with Gasteiger partial charge in [-0.3, -0.25) is 9.69 Å². The second kappa shape index (κ2) is 11.3.